The summed E-state index contributed by atoms with van der Waals surface area (Å²) in [5, 5.41) is 1.94. The lowest BCUT2D eigenvalue weighted by Crippen LogP contribution is -2.22. The van der Waals surface area contributed by atoms with Gasteiger partial charge in [0, 0.05) is 0 Å². The first kappa shape index (κ1) is 6.92. The first-order chi connectivity index (χ1) is 4.66. The van der Waals surface area contributed by atoms with Crippen LogP contribution in [0.25, 0.3) is 0 Å². The van der Waals surface area contributed by atoms with Crippen molar-refractivity contribution in [3.8, 4) is 0 Å². The number of carbonyl (C=O) groups excluding carboxylic acids is 3. The molecule has 1 unspecified atom stereocenters. The fraction of sp³-hybridized carbons (Fsp3) is 0.500. The van der Waals surface area contributed by atoms with E-state index in [0.717, 1.165) is 0 Å². The summed E-state index contributed by atoms with van der Waals surface area (Å²) in [4.78, 5) is 31.9. The molecule has 1 aliphatic heterocycles. The van der Waals surface area contributed by atoms with E-state index in [-0.39, 0.29) is 0 Å². The summed E-state index contributed by atoms with van der Waals surface area (Å²) in [6, 6.07) is 0. The molecule has 1 rings (SSSR count). The van der Waals surface area contributed by atoms with Gasteiger partial charge >= 0.3 is 0 Å². The predicted molar refractivity (Wildman–Crippen MR) is 31.9 cm³/mol. The summed E-state index contributed by atoms with van der Waals surface area (Å²) in [7, 11) is 0. The Labute approximate surface area is 57.6 Å². The van der Waals surface area contributed by atoms with Crippen molar-refractivity contribution in [1.82, 2.24) is 5.32 Å². The number of ketones is 1. The van der Waals surface area contributed by atoms with Crippen molar-refractivity contribution in [3.63, 3.8) is 0 Å². The molecule has 0 aliphatic carbocycles. The first-order valence-electron chi connectivity index (χ1n) is 3.06. The van der Waals surface area contributed by atoms with E-state index in [4.69, 9.17) is 0 Å². The third kappa shape index (κ3) is 0.814. The molecule has 0 bridgehead atoms. The van der Waals surface area contributed by atoms with E-state index in [9.17, 15) is 14.4 Å². The Hall–Kier alpha value is -1.19. The summed E-state index contributed by atoms with van der Waals surface area (Å²) in [5.41, 5.74) is 0. The van der Waals surface area contributed by atoms with Gasteiger partial charge in [-0.2, -0.15) is 0 Å². The minimum absolute atomic E-state index is 0.399. The molecule has 0 saturated carbocycles. The predicted octanol–water partition coefficient (Wildman–Crippen LogP) is -0.762. The maximum absolute atomic E-state index is 10.7. The second-order valence-electron chi connectivity index (χ2n) is 2.14. The number of carbonyl (C=O) groups is 3. The normalized spacial score (nSPS) is 25.3. The van der Waals surface area contributed by atoms with Gasteiger partial charge in [0.2, 0.25) is 11.7 Å². The number of amides is 2. The number of nitrogens with one attached hydrogen (secondary N) is 1. The number of Topliss-reactive ketones (excluding diaryl/α,β-unsaturated/α-hetero) is 1. The minimum Gasteiger partial charge on any atom is -0.289 e. The molecule has 4 nitrogen and oxygen atoms in total. The van der Waals surface area contributed by atoms with Crippen molar-refractivity contribution in [2.45, 2.75) is 13.3 Å². The minimum atomic E-state index is -0.767. The van der Waals surface area contributed by atoms with Gasteiger partial charge in [-0.05, 0) is 6.42 Å². The molecule has 1 aliphatic rings. The highest BCUT2D eigenvalue weighted by Crippen LogP contribution is 2.09. The van der Waals surface area contributed by atoms with Crippen LogP contribution in [0, 0.1) is 5.92 Å². The van der Waals surface area contributed by atoms with Crippen LogP contribution in [0.15, 0.2) is 0 Å². The third-order valence-electron chi connectivity index (χ3n) is 1.50. The lowest BCUT2D eigenvalue weighted by Gasteiger charge is -1.94. The number of rotatable bonds is 1. The van der Waals surface area contributed by atoms with Crippen molar-refractivity contribution in [1.29, 1.82) is 0 Å². The molecule has 10 heavy (non-hydrogen) atoms. The third-order valence-corrected chi connectivity index (χ3v) is 1.50. The zero-order valence-corrected chi connectivity index (χ0v) is 5.51. The molecule has 1 heterocycles. The van der Waals surface area contributed by atoms with Gasteiger partial charge < -0.3 is 0 Å². The highest BCUT2D eigenvalue weighted by atomic mass is 16.2. The van der Waals surface area contributed by atoms with E-state index in [0.29, 0.717) is 6.42 Å². The molecule has 0 aromatic heterocycles. The first-order valence-corrected chi connectivity index (χ1v) is 3.06. The smallest absolute Gasteiger partial charge is 0.289 e. The second-order valence-corrected chi connectivity index (χ2v) is 2.14. The molecule has 1 N–H and O–H groups in total. The highest BCUT2D eigenvalue weighted by molar-refractivity contribution is 6.47. The van der Waals surface area contributed by atoms with Gasteiger partial charge in [0.25, 0.3) is 5.91 Å². The summed E-state index contributed by atoms with van der Waals surface area (Å²) < 4.78 is 0. The van der Waals surface area contributed by atoms with Crippen LogP contribution < -0.4 is 5.32 Å². The molecule has 0 radical (unpaired) electrons. The zero-order valence-electron chi connectivity index (χ0n) is 5.51. The maximum atomic E-state index is 10.7. The highest BCUT2D eigenvalue weighted by Gasteiger charge is 2.38. The van der Waals surface area contributed by atoms with E-state index in [1.807, 2.05) is 5.32 Å². The fourth-order valence-corrected chi connectivity index (χ4v) is 0.909. The van der Waals surface area contributed by atoms with Crippen LogP contribution in [0.4, 0.5) is 0 Å². The number of hydrogen-bond acceptors (Lipinski definition) is 3. The largest absolute Gasteiger partial charge is 0.294 e. The van der Waals surface area contributed by atoms with E-state index < -0.39 is 23.5 Å². The average Bonchev–Trinajstić information content (AvgIpc) is 2.09. The molecule has 0 aromatic rings. The summed E-state index contributed by atoms with van der Waals surface area (Å²) >= 11 is 0. The van der Waals surface area contributed by atoms with Gasteiger partial charge in [0.1, 0.15) is 5.92 Å². The van der Waals surface area contributed by atoms with Gasteiger partial charge in [-0.3, -0.25) is 19.7 Å². The van der Waals surface area contributed by atoms with Crippen molar-refractivity contribution < 1.29 is 14.4 Å². The van der Waals surface area contributed by atoms with Crippen LogP contribution >= 0.6 is 0 Å². The summed E-state index contributed by atoms with van der Waals surface area (Å²) in [6.45, 7) is 1.70. The molecule has 4 heteroatoms. The van der Waals surface area contributed by atoms with E-state index >= 15 is 0 Å². The average molecular weight is 141 g/mol. The van der Waals surface area contributed by atoms with Crippen LogP contribution in [-0.2, 0) is 14.4 Å². The van der Waals surface area contributed by atoms with E-state index in [2.05, 4.69) is 0 Å². The Morgan fingerprint density at radius 3 is 2.20 bits per heavy atom. The summed E-state index contributed by atoms with van der Waals surface area (Å²) in [5.74, 6) is -2.56. The number of imide groups is 1. The molecule has 2 amide bonds. The SMILES string of the molecule is CCC1C(=O)NC(=O)C1=O. The van der Waals surface area contributed by atoms with Gasteiger partial charge in [-0.25, -0.2) is 0 Å². The van der Waals surface area contributed by atoms with Crippen LogP contribution in [0.1, 0.15) is 13.3 Å². The van der Waals surface area contributed by atoms with Gasteiger partial charge in [0.15, 0.2) is 0 Å². The van der Waals surface area contributed by atoms with E-state index in [1.54, 1.807) is 6.92 Å². The molecule has 0 aromatic carbocycles. The van der Waals surface area contributed by atoms with Gasteiger partial charge in [-0.1, -0.05) is 6.92 Å². The van der Waals surface area contributed by atoms with Crippen molar-refractivity contribution >= 4 is 17.6 Å². The second kappa shape index (κ2) is 2.21. The molecular formula is C6H7NO3. The van der Waals surface area contributed by atoms with Crippen LogP contribution in [-0.4, -0.2) is 17.6 Å². The zero-order chi connectivity index (χ0) is 7.72. The molecule has 1 atom stereocenters. The molecule has 0 spiro atoms. The molecule has 1 saturated heterocycles. The Bertz CT molecular complexity index is 209. The fourth-order valence-electron chi connectivity index (χ4n) is 0.909. The Kier molecular flexibility index (Phi) is 1.53. The van der Waals surface area contributed by atoms with Crippen molar-refractivity contribution in [2.75, 3.05) is 0 Å². The Balaban J connectivity index is 2.84. The van der Waals surface area contributed by atoms with Crippen molar-refractivity contribution in [3.05, 3.63) is 0 Å². The lowest BCUT2D eigenvalue weighted by molar-refractivity contribution is -0.136. The van der Waals surface area contributed by atoms with E-state index in [1.165, 1.54) is 0 Å². The molecule has 1 fully saturated rings. The van der Waals surface area contributed by atoms with Gasteiger partial charge in [0.05, 0.1) is 0 Å². The standard InChI is InChI=1S/C6H7NO3/c1-2-3-4(8)6(10)7-5(3)9/h3H,2H2,1H3,(H,7,9,10). The van der Waals surface area contributed by atoms with Gasteiger partial charge in [-0.15, -0.1) is 0 Å². The summed E-state index contributed by atoms with van der Waals surface area (Å²) in [6.07, 6.45) is 0.399. The monoisotopic (exact) mass is 141 g/mol. The van der Waals surface area contributed by atoms with Crippen LogP contribution in [0.2, 0.25) is 0 Å². The Morgan fingerprint density at radius 1 is 1.40 bits per heavy atom. The number of hydrogen-bond donors (Lipinski definition) is 1. The van der Waals surface area contributed by atoms with Crippen molar-refractivity contribution in [2.24, 2.45) is 5.92 Å². The lowest BCUT2D eigenvalue weighted by atomic mass is 10.0. The molecule has 54 valence electrons. The maximum Gasteiger partial charge on any atom is 0.294 e. The quantitative estimate of drug-likeness (QED) is 0.296. The molecular weight excluding hydrogens is 134 g/mol. The van der Waals surface area contributed by atoms with Crippen LogP contribution in [0.3, 0.4) is 0 Å². The van der Waals surface area contributed by atoms with Crippen LogP contribution in [0.5, 0.6) is 0 Å². The topological polar surface area (TPSA) is 63.2 Å². The Morgan fingerprint density at radius 2 is 2.00 bits per heavy atom.